The Morgan fingerprint density at radius 1 is 1.38 bits per heavy atom. The molecule has 0 aliphatic heterocycles. The van der Waals surface area contributed by atoms with Crippen LogP contribution in [0.5, 0.6) is 5.75 Å². The van der Waals surface area contributed by atoms with Gasteiger partial charge in [-0.3, -0.25) is 4.79 Å². The van der Waals surface area contributed by atoms with E-state index in [1.54, 1.807) is 24.3 Å². The van der Waals surface area contributed by atoms with Gasteiger partial charge in [0.05, 0.1) is 17.7 Å². The SMILES string of the molecule is COc1ccccc1C(=O)NCCc1nc(C(=O)O)cs1. The number of hydrogen-bond donors (Lipinski definition) is 2. The molecule has 0 fully saturated rings. The number of carboxylic acids is 1. The van der Waals surface area contributed by atoms with E-state index in [1.165, 1.54) is 23.8 Å². The Hall–Kier alpha value is -2.41. The summed E-state index contributed by atoms with van der Waals surface area (Å²) >= 11 is 1.27. The van der Waals surface area contributed by atoms with Gasteiger partial charge in [-0.2, -0.15) is 0 Å². The second-order valence-corrected chi connectivity index (χ2v) is 5.08. The summed E-state index contributed by atoms with van der Waals surface area (Å²) in [6, 6.07) is 6.95. The second kappa shape index (κ2) is 6.85. The Bertz CT molecular complexity index is 654. The molecule has 110 valence electrons. The van der Waals surface area contributed by atoms with E-state index in [0.717, 1.165) is 0 Å². The number of aromatic nitrogens is 1. The maximum atomic E-state index is 12.0. The predicted octanol–water partition coefficient (Wildman–Crippen LogP) is 1.82. The van der Waals surface area contributed by atoms with E-state index in [9.17, 15) is 9.59 Å². The number of carbonyl (C=O) groups is 2. The van der Waals surface area contributed by atoms with Crippen LogP contribution in [0.15, 0.2) is 29.6 Å². The fourth-order valence-corrected chi connectivity index (χ4v) is 2.51. The number of thiazole rings is 1. The molecule has 2 aromatic rings. The van der Waals surface area contributed by atoms with E-state index >= 15 is 0 Å². The molecule has 6 nitrogen and oxygen atoms in total. The summed E-state index contributed by atoms with van der Waals surface area (Å²) in [5.74, 6) is -0.768. The third kappa shape index (κ3) is 3.79. The molecule has 2 N–H and O–H groups in total. The summed E-state index contributed by atoms with van der Waals surface area (Å²) in [5, 5.41) is 13.7. The summed E-state index contributed by atoms with van der Waals surface area (Å²) in [6.07, 6.45) is 0.485. The molecule has 1 heterocycles. The second-order valence-electron chi connectivity index (χ2n) is 4.14. The summed E-state index contributed by atoms with van der Waals surface area (Å²) in [7, 11) is 1.51. The van der Waals surface area contributed by atoms with Crippen molar-refractivity contribution in [3.05, 3.63) is 45.9 Å². The van der Waals surface area contributed by atoms with Crippen LogP contribution in [0.25, 0.3) is 0 Å². The lowest BCUT2D eigenvalue weighted by Gasteiger charge is -2.08. The molecule has 21 heavy (non-hydrogen) atoms. The number of amides is 1. The molecule has 0 saturated carbocycles. The first-order valence-electron chi connectivity index (χ1n) is 6.20. The van der Waals surface area contributed by atoms with Gasteiger partial charge >= 0.3 is 5.97 Å². The zero-order chi connectivity index (χ0) is 15.2. The fourth-order valence-electron chi connectivity index (χ4n) is 1.73. The zero-order valence-electron chi connectivity index (χ0n) is 11.3. The van der Waals surface area contributed by atoms with Crippen LogP contribution in [0, 0.1) is 0 Å². The van der Waals surface area contributed by atoms with Crippen molar-refractivity contribution >= 4 is 23.2 Å². The van der Waals surface area contributed by atoms with Gasteiger partial charge in [0, 0.05) is 18.3 Å². The molecule has 7 heteroatoms. The maximum absolute atomic E-state index is 12.0. The van der Waals surface area contributed by atoms with Gasteiger partial charge in [0.2, 0.25) is 0 Å². The first-order valence-corrected chi connectivity index (χ1v) is 7.08. The minimum Gasteiger partial charge on any atom is -0.496 e. The molecule has 0 aliphatic rings. The van der Waals surface area contributed by atoms with Crippen LogP contribution in [0.1, 0.15) is 25.9 Å². The molecule has 0 aliphatic carbocycles. The maximum Gasteiger partial charge on any atom is 0.355 e. The van der Waals surface area contributed by atoms with Gasteiger partial charge in [-0.15, -0.1) is 11.3 Å². The lowest BCUT2D eigenvalue weighted by molar-refractivity contribution is 0.0690. The standard InChI is InChI=1S/C14H14N2O4S/c1-20-11-5-3-2-4-9(11)13(17)15-7-6-12-16-10(8-21-12)14(18)19/h2-5,8H,6-7H2,1H3,(H,15,17)(H,18,19). The molecule has 0 radical (unpaired) electrons. The molecule has 0 atom stereocenters. The Morgan fingerprint density at radius 2 is 2.14 bits per heavy atom. The number of nitrogens with one attached hydrogen (secondary N) is 1. The van der Waals surface area contributed by atoms with Gasteiger partial charge < -0.3 is 15.2 Å². The first-order chi connectivity index (χ1) is 10.1. The van der Waals surface area contributed by atoms with Crippen molar-refractivity contribution in [2.75, 3.05) is 13.7 Å². The number of ether oxygens (including phenoxy) is 1. The number of carbonyl (C=O) groups excluding carboxylic acids is 1. The van der Waals surface area contributed by atoms with E-state index < -0.39 is 5.97 Å². The predicted molar refractivity (Wildman–Crippen MR) is 78.1 cm³/mol. The lowest BCUT2D eigenvalue weighted by Crippen LogP contribution is -2.26. The van der Waals surface area contributed by atoms with E-state index in [4.69, 9.17) is 9.84 Å². The van der Waals surface area contributed by atoms with Crippen molar-refractivity contribution in [1.29, 1.82) is 0 Å². The normalized spacial score (nSPS) is 10.1. The molecule has 0 bridgehead atoms. The average molecular weight is 306 g/mol. The van der Waals surface area contributed by atoms with Crippen molar-refractivity contribution in [2.24, 2.45) is 0 Å². The first kappa shape index (κ1) is 15.0. The van der Waals surface area contributed by atoms with Crippen LogP contribution >= 0.6 is 11.3 Å². The Balaban J connectivity index is 1.90. The van der Waals surface area contributed by atoms with E-state index in [1.807, 2.05) is 0 Å². The number of carboxylic acid groups (broad SMARTS) is 1. The number of rotatable bonds is 6. The van der Waals surface area contributed by atoms with Crippen LogP contribution in [-0.2, 0) is 6.42 Å². The Morgan fingerprint density at radius 3 is 2.81 bits per heavy atom. The third-order valence-electron chi connectivity index (χ3n) is 2.75. The molecular weight excluding hydrogens is 292 g/mol. The van der Waals surface area contributed by atoms with Gasteiger partial charge in [0.1, 0.15) is 5.75 Å². The smallest absolute Gasteiger partial charge is 0.355 e. The largest absolute Gasteiger partial charge is 0.496 e. The molecular formula is C14H14N2O4S. The summed E-state index contributed by atoms with van der Waals surface area (Å²) in [5.41, 5.74) is 0.497. The van der Waals surface area contributed by atoms with Crippen LogP contribution in [0.2, 0.25) is 0 Å². The molecule has 0 spiro atoms. The highest BCUT2D eigenvalue weighted by atomic mass is 32.1. The highest BCUT2D eigenvalue weighted by molar-refractivity contribution is 7.09. The highest BCUT2D eigenvalue weighted by Gasteiger charge is 2.12. The van der Waals surface area contributed by atoms with Gasteiger partial charge in [0.15, 0.2) is 5.69 Å². The van der Waals surface area contributed by atoms with E-state index in [0.29, 0.717) is 29.3 Å². The van der Waals surface area contributed by atoms with Gasteiger partial charge in [0.25, 0.3) is 5.91 Å². The summed E-state index contributed by atoms with van der Waals surface area (Å²) in [4.78, 5) is 26.7. The molecule has 1 aromatic carbocycles. The van der Waals surface area contributed by atoms with Crippen molar-refractivity contribution in [3.63, 3.8) is 0 Å². The van der Waals surface area contributed by atoms with Crippen LogP contribution in [0.4, 0.5) is 0 Å². The van der Waals surface area contributed by atoms with Crippen molar-refractivity contribution < 1.29 is 19.4 Å². The summed E-state index contributed by atoms with van der Waals surface area (Å²) < 4.78 is 5.12. The zero-order valence-corrected chi connectivity index (χ0v) is 12.1. The van der Waals surface area contributed by atoms with E-state index in [2.05, 4.69) is 10.3 Å². The molecule has 1 amide bonds. The minimum absolute atomic E-state index is 0.0334. The lowest BCUT2D eigenvalue weighted by atomic mass is 10.2. The van der Waals surface area contributed by atoms with Crippen molar-refractivity contribution in [1.82, 2.24) is 10.3 Å². The molecule has 0 saturated heterocycles. The van der Waals surface area contributed by atoms with Crippen LogP contribution < -0.4 is 10.1 Å². The number of hydrogen-bond acceptors (Lipinski definition) is 5. The monoisotopic (exact) mass is 306 g/mol. The summed E-state index contributed by atoms with van der Waals surface area (Å²) in [6.45, 7) is 0.378. The number of para-hydroxylation sites is 1. The average Bonchev–Trinajstić information content (AvgIpc) is 2.96. The third-order valence-corrected chi connectivity index (χ3v) is 3.66. The van der Waals surface area contributed by atoms with Gasteiger partial charge in [-0.1, -0.05) is 12.1 Å². The topological polar surface area (TPSA) is 88.5 Å². The molecule has 1 aromatic heterocycles. The fraction of sp³-hybridized carbons (Fsp3) is 0.214. The molecule has 0 unspecified atom stereocenters. The molecule has 2 rings (SSSR count). The number of aromatic carboxylic acids is 1. The van der Waals surface area contributed by atoms with Gasteiger partial charge in [-0.25, -0.2) is 9.78 Å². The van der Waals surface area contributed by atoms with E-state index in [-0.39, 0.29) is 11.6 Å². The van der Waals surface area contributed by atoms with Crippen LogP contribution in [-0.4, -0.2) is 35.6 Å². The van der Waals surface area contributed by atoms with Crippen LogP contribution in [0.3, 0.4) is 0 Å². The quantitative estimate of drug-likeness (QED) is 0.850. The minimum atomic E-state index is -1.05. The van der Waals surface area contributed by atoms with Gasteiger partial charge in [-0.05, 0) is 12.1 Å². The highest BCUT2D eigenvalue weighted by Crippen LogP contribution is 2.17. The number of nitrogens with zero attached hydrogens (tertiary/aromatic N) is 1. The number of methoxy groups -OCH3 is 1. The Kier molecular flexibility index (Phi) is 4.89. The number of benzene rings is 1. The van der Waals surface area contributed by atoms with Crippen molar-refractivity contribution in [3.8, 4) is 5.75 Å². The Labute approximate surface area is 125 Å². The van der Waals surface area contributed by atoms with Crippen molar-refractivity contribution in [2.45, 2.75) is 6.42 Å².